The summed E-state index contributed by atoms with van der Waals surface area (Å²) in [7, 11) is 0. The summed E-state index contributed by atoms with van der Waals surface area (Å²) < 4.78 is 0. The highest BCUT2D eigenvalue weighted by Gasteiger charge is 2.09. The van der Waals surface area contributed by atoms with Crippen molar-refractivity contribution in [1.29, 1.82) is 0 Å². The number of benzene rings is 1. The quantitative estimate of drug-likeness (QED) is 0.520. The molecule has 1 aromatic carbocycles. The van der Waals surface area contributed by atoms with Gasteiger partial charge in [0.1, 0.15) is 5.69 Å². The van der Waals surface area contributed by atoms with Crippen molar-refractivity contribution < 1.29 is 10.2 Å². The van der Waals surface area contributed by atoms with Gasteiger partial charge in [0.2, 0.25) is 0 Å². The fraction of sp³-hybridized carbons (Fsp3) is 0. The maximum Gasteiger partial charge on any atom is 0.187 e. The van der Waals surface area contributed by atoms with Crippen molar-refractivity contribution in [2.24, 2.45) is 10.4 Å². The second-order valence-corrected chi connectivity index (χ2v) is 2.02. The van der Waals surface area contributed by atoms with E-state index >= 15 is 0 Å². The van der Waals surface area contributed by atoms with Crippen LogP contribution in [0.4, 0.5) is 11.4 Å². The zero-order valence-electron chi connectivity index (χ0n) is 5.76. The van der Waals surface area contributed by atoms with Crippen molar-refractivity contribution >= 4 is 11.4 Å². The molecule has 2 N–H and O–H groups in total. The van der Waals surface area contributed by atoms with Gasteiger partial charge in [-0.15, -0.1) is 9.81 Å². The highest BCUT2D eigenvalue weighted by atomic mass is 16.3. The van der Waals surface area contributed by atoms with E-state index in [2.05, 4.69) is 10.4 Å². The average Bonchev–Trinajstić information content (AvgIpc) is 2.09. The van der Waals surface area contributed by atoms with Crippen LogP contribution < -0.4 is 0 Å². The van der Waals surface area contributed by atoms with Crippen molar-refractivity contribution in [3.63, 3.8) is 0 Å². The second-order valence-electron chi connectivity index (χ2n) is 2.02. The Morgan fingerprint density at radius 1 is 1.08 bits per heavy atom. The second kappa shape index (κ2) is 2.95. The first-order chi connectivity index (χ1) is 5.69. The van der Waals surface area contributed by atoms with E-state index in [1.54, 1.807) is 0 Å². The molecule has 0 unspecified atom stereocenters. The van der Waals surface area contributed by atoms with E-state index in [0.29, 0.717) is 0 Å². The third-order valence-electron chi connectivity index (χ3n) is 1.26. The largest absolute Gasteiger partial charge is 0.504 e. The van der Waals surface area contributed by atoms with Gasteiger partial charge in [0.15, 0.2) is 17.2 Å². The van der Waals surface area contributed by atoms with Gasteiger partial charge in [0.25, 0.3) is 0 Å². The molecule has 0 bridgehead atoms. The van der Waals surface area contributed by atoms with Crippen LogP contribution in [0.3, 0.4) is 0 Å². The van der Waals surface area contributed by atoms with Crippen molar-refractivity contribution in [1.82, 2.24) is 0 Å². The standard InChI is InChI=1S/C6H4N2O4/c9-5-2-3(7-11)1-4(8-12)6(5)10/h1-2,9-10H. The summed E-state index contributed by atoms with van der Waals surface area (Å²) in [5.74, 6) is -1.25. The van der Waals surface area contributed by atoms with E-state index in [1.807, 2.05) is 0 Å². The van der Waals surface area contributed by atoms with Crippen molar-refractivity contribution in [3.8, 4) is 11.5 Å². The first-order valence-electron chi connectivity index (χ1n) is 2.91. The Morgan fingerprint density at radius 2 is 1.75 bits per heavy atom. The Labute approximate surface area is 66.4 Å². The predicted octanol–water partition coefficient (Wildman–Crippen LogP) is 1.89. The lowest BCUT2D eigenvalue weighted by Gasteiger charge is -1.98. The van der Waals surface area contributed by atoms with Gasteiger partial charge in [-0.05, 0) is 10.4 Å². The highest BCUT2D eigenvalue weighted by Crippen LogP contribution is 2.38. The molecule has 0 amide bonds. The number of nitroso groups, excluding NO2 is 2. The minimum absolute atomic E-state index is 0.167. The summed E-state index contributed by atoms with van der Waals surface area (Å²) in [6.45, 7) is 0. The van der Waals surface area contributed by atoms with Crippen LogP contribution in [-0.2, 0) is 0 Å². The fourth-order valence-electron chi connectivity index (χ4n) is 0.712. The molecule has 12 heavy (non-hydrogen) atoms. The van der Waals surface area contributed by atoms with Gasteiger partial charge < -0.3 is 10.2 Å². The van der Waals surface area contributed by atoms with Gasteiger partial charge in [-0.25, -0.2) is 0 Å². The van der Waals surface area contributed by atoms with Crippen LogP contribution in [0.15, 0.2) is 22.5 Å². The molecule has 0 heterocycles. The molecule has 0 saturated heterocycles. The van der Waals surface area contributed by atoms with Gasteiger partial charge in [0.05, 0.1) is 0 Å². The normalized spacial score (nSPS) is 9.33. The fourth-order valence-corrected chi connectivity index (χ4v) is 0.712. The molecule has 0 saturated carbocycles. The van der Waals surface area contributed by atoms with Crippen LogP contribution in [-0.4, -0.2) is 10.2 Å². The SMILES string of the molecule is O=Nc1cc(O)c(O)c(N=O)c1. The zero-order chi connectivity index (χ0) is 9.14. The summed E-state index contributed by atoms with van der Waals surface area (Å²) >= 11 is 0. The third kappa shape index (κ3) is 1.22. The van der Waals surface area contributed by atoms with E-state index in [4.69, 9.17) is 10.2 Å². The van der Waals surface area contributed by atoms with E-state index in [1.165, 1.54) is 0 Å². The molecule has 0 aliphatic rings. The summed E-state index contributed by atoms with van der Waals surface area (Å²) in [5, 5.41) is 22.7. The number of phenolic OH excluding ortho intramolecular Hbond substituents is 2. The molecule has 1 rings (SSSR count). The van der Waals surface area contributed by atoms with Gasteiger partial charge >= 0.3 is 0 Å². The summed E-state index contributed by atoms with van der Waals surface area (Å²) in [5.41, 5.74) is -0.579. The molecule has 62 valence electrons. The van der Waals surface area contributed by atoms with Crippen molar-refractivity contribution in [2.75, 3.05) is 0 Å². The minimum atomic E-state index is -0.655. The lowest BCUT2D eigenvalue weighted by molar-refractivity contribution is 0.405. The number of hydrogen-bond acceptors (Lipinski definition) is 6. The molecular weight excluding hydrogens is 164 g/mol. The monoisotopic (exact) mass is 168 g/mol. The van der Waals surface area contributed by atoms with E-state index < -0.39 is 17.2 Å². The number of hydrogen-bond donors (Lipinski definition) is 2. The van der Waals surface area contributed by atoms with Crippen LogP contribution >= 0.6 is 0 Å². The molecule has 0 aromatic heterocycles. The average molecular weight is 168 g/mol. The van der Waals surface area contributed by atoms with Crippen LogP contribution in [0.25, 0.3) is 0 Å². The number of phenols is 2. The summed E-state index contributed by atoms with van der Waals surface area (Å²) in [6.07, 6.45) is 0. The van der Waals surface area contributed by atoms with Crippen molar-refractivity contribution in [2.45, 2.75) is 0 Å². The Hall–Kier alpha value is -1.98. The Balaban J connectivity index is 3.37. The van der Waals surface area contributed by atoms with Gasteiger partial charge in [-0.3, -0.25) is 0 Å². The van der Waals surface area contributed by atoms with Gasteiger partial charge in [-0.2, -0.15) is 0 Å². The molecule has 1 aromatic rings. The lowest BCUT2D eigenvalue weighted by Crippen LogP contribution is -1.70. The van der Waals surface area contributed by atoms with Gasteiger partial charge in [-0.1, -0.05) is 0 Å². The van der Waals surface area contributed by atoms with Crippen LogP contribution in [0, 0.1) is 9.81 Å². The molecule has 6 nitrogen and oxygen atoms in total. The van der Waals surface area contributed by atoms with Crippen LogP contribution in [0.2, 0.25) is 0 Å². The maximum atomic E-state index is 9.98. The minimum Gasteiger partial charge on any atom is -0.504 e. The van der Waals surface area contributed by atoms with E-state index in [0.717, 1.165) is 12.1 Å². The molecular formula is C6H4N2O4. The molecule has 0 radical (unpaired) electrons. The van der Waals surface area contributed by atoms with E-state index in [9.17, 15) is 9.81 Å². The summed E-state index contributed by atoms with van der Waals surface area (Å²) in [6, 6.07) is 1.89. The first-order valence-corrected chi connectivity index (χ1v) is 2.91. The Morgan fingerprint density at radius 3 is 2.25 bits per heavy atom. The molecule has 0 fully saturated rings. The molecule has 0 aliphatic carbocycles. The Bertz CT molecular complexity index is 337. The number of nitrogens with zero attached hydrogens (tertiary/aromatic N) is 2. The highest BCUT2D eigenvalue weighted by molar-refractivity contribution is 5.65. The lowest BCUT2D eigenvalue weighted by atomic mass is 10.2. The number of rotatable bonds is 2. The molecule has 0 aliphatic heterocycles. The maximum absolute atomic E-state index is 9.98. The molecule has 6 heteroatoms. The molecule has 0 spiro atoms. The van der Waals surface area contributed by atoms with Crippen LogP contribution in [0.1, 0.15) is 0 Å². The molecule has 0 atom stereocenters. The van der Waals surface area contributed by atoms with Gasteiger partial charge in [0, 0.05) is 12.1 Å². The third-order valence-corrected chi connectivity index (χ3v) is 1.26. The zero-order valence-corrected chi connectivity index (χ0v) is 5.76. The summed E-state index contributed by atoms with van der Waals surface area (Å²) in [4.78, 5) is 19.9. The first kappa shape index (κ1) is 8.12. The Kier molecular flexibility index (Phi) is 2.00. The number of aromatic hydroxyl groups is 2. The van der Waals surface area contributed by atoms with Crippen LogP contribution in [0.5, 0.6) is 11.5 Å². The van der Waals surface area contributed by atoms with E-state index in [-0.39, 0.29) is 5.69 Å². The smallest absolute Gasteiger partial charge is 0.187 e. The topological polar surface area (TPSA) is 99.3 Å². The predicted molar refractivity (Wildman–Crippen MR) is 40.7 cm³/mol. The van der Waals surface area contributed by atoms with Crippen molar-refractivity contribution in [3.05, 3.63) is 21.9 Å².